The zero-order valence-corrected chi connectivity index (χ0v) is 11.7. The maximum atomic E-state index is 11.0. The Morgan fingerprint density at radius 3 is 2.70 bits per heavy atom. The van der Waals surface area contributed by atoms with E-state index in [2.05, 4.69) is 19.1 Å². The van der Waals surface area contributed by atoms with Crippen LogP contribution in [0.1, 0.15) is 31.2 Å². The first-order valence-electron chi connectivity index (χ1n) is 6.98. The summed E-state index contributed by atoms with van der Waals surface area (Å²) in [6.07, 6.45) is 7.23. The van der Waals surface area contributed by atoms with Gasteiger partial charge >= 0.3 is 5.97 Å². The van der Waals surface area contributed by atoms with E-state index in [0.717, 1.165) is 12.0 Å². The third-order valence-corrected chi connectivity index (χ3v) is 3.84. The highest BCUT2D eigenvalue weighted by atomic mass is 16.4. The Morgan fingerprint density at radius 2 is 2.10 bits per heavy atom. The highest BCUT2D eigenvalue weighted by Crippen LogP contribution is 2.36. The van der Waals surface area contributed by atoms with Gasteiger partial charge in [0.15, 0.2) is 0 Å². The lowest BCUT2D eigenvalue weighted by Gasteiger charge is -2.30. The molecule has 3 atom stereocenters. The summed E-state index contributed by atoms with van der Waals surface area (Å²) in [6.45, 7) is 2.17. The summed E-state index contributed by atoms with van der Waals surface area (Å²) in [7, 11) is 0. The average Bonchev–Trinajstić information content (AvgIpc) is 2.42. The standard InChI is InChI=1S/C17H21NO2/c1-12-7-5-6-10-14(12)17(15(18)11-16(19)20)13-8-3-2-4-9-13/h2-6,8-10,12,15,17H,7,11,18H2,1H3,(H,19,20)/t12?,15-,17?/m1/s1. The number of carbonyl (C=O) groups is 1. The zero-order chi connectivity index (χ0) is 14.5. The lowest BCUT2D eigenvalue weighted by atomic mass is 9.76. The summed E-state index contributed by atoms with van der Waals surface area (Å²) < 4.78 is 0. The van der Waals surface area contributed by atoms with Gasteiger partial charge in [0.25, 0.3) is 0 Å². The summed E-state index contributed by atoms with van der Waals surface area (Å²) in [5.74, 6) is -0.490. The van der Waals surface area contributed by atoms with Gasteiger partial charge in [0.1, 0.15) is 0 Å². The molecule has 2 unspecified atom stereocenters. The van der Waals surface area contributed by atoms with Gasteiger partial charge in [-0.2, -0.15) is 0 Å². The Bertz CT molecular complexity index is 519. The van der Waals surface area contributed by atoms with Gasteiger partial charge in [0, 0.05) is 12.0 Å². The molecule has 0 saturated carbocycles. The highest BCUT2D eigenvalue weighted by Gasteiger charge is 2.28. The average molecular weight is 271 g/mol. The SMILES string of the molecule is CC1CC=CC=C1C(c1ccccc1)[C@H](N)CC(=O)O. The third kappa shape index (κ3) is 3.36. The number of hydrogen-bond donors (Lipinski definition) is 2. The molecular weight excluding hydrogens is 250 g/mol. The molecule has 0 aromatic heterocycles. The monoisotopic (exact) mass is 271 g/mol. The van der Waals surface area contributed by atoms with E-state index in [1.807, 2.05) is 36.4 Å². The molecule has 0 fully saturated rings. The normalized spacial score (nSPS) is 21.1. The summed E-state index contributed by atoms with van der Waals surface area (Å²) in [4.78, 5) is 11.0. The Labute approximate surface area is 119 Å². The van der Waals surface area contributed by atoms with Gasteiger partial charge in [0.2, 0.25) is 0 Å². The van der Waals surface area contributed by atoms with Crippen molar-refractivity contribution in [3.63, 3.8) is 0 Å². The second-order valence-electron chi connectivity index (χ2n) is 5.38. The highest BCUT2D eigenvalue weighted by molar-refractivity contribution is 5.68. The Hall–Kier alpha value is -1.87. The van der Waals surface area contributed by atoms with Crippen molar-refractivity contribution in [2.45, 2.75) is 31.7 Å². The Balaban J connectivity index is 2.36. The fourth-order valence-electron chi connectivity index (χ4n) is 2.84. The topological polar surface area (TPSA) is 63.3 Å². The maximum absolute atomic E-state index is 11.0. The van der Waals surface area contributed by atoms with Crippen molar-refractivity contribution < 1.29 is 9.90 Å². The molecule has 1 aromatic carbocycles. The first-order chi connectivity index (χ1) is 9.59. The van der Waals surface area contributed by atoms with E-state index in [-0.39, 0.29) is 12.3 Å². The summed E-state index contributed by atoms with van der Waals surface area (Å²) in [6, 6.07) is 9.55. The van der Waals surface area contributed by atoms with Crippen molar-refractivity contribution in [1.29, 1.82) is 0 Å². The molecular formula is C17H21NO2. The minimum absolute atomic E-state index is 0.0205. The molecule has 0 heterocycles. The van der Waals surface area contributed by atoms with Crippen LogP contribution in [0.3, 0.4) is 0 Å². The summed E-state index contributed by atoms with van der Waals surface area (Å²) >= 11 is 0. The van der Waals surface area contributed by atoms with Crippen molar-refractivity contribution >= 4 is 5.97 Å². The smallest absolute Gasteiger partial charge is 0.304 e. The zero-order valence-electron chi connectivity index (χ0n) is 11.7. The fraction of sp³-hybridized carbons (Fsp3) is 0.353. The second-order valence-corrected chi connectivity index (χ2v) is 5.38. The summed E-state index contributed by atoms with van der Waals surface area (Å²) in [5, 5.41) is 9.03. The number of allylic oxidation sites excluding steroid dienone is 3. The molecule has 2 rings (SSSR count). The van der Waals surface area contributed by atoms with Crippen LogP contribution >= 0.6 is 0 Å². The Kier molecular flexibility index (Phi) is 4.74. The third-order valence-electron chi connectivity index (χ3n) is 3.84. The van der Waals surface area contributed by atoms with E-state index < -0.39 is 12.0 Å². The van der Waals surface area contributed by atoms with Gasteiger partial charge in [-0.1, -0.05) is 61.1 Å². The Morgan fingerprint density at radius 1 is 1.40 bits per heavy atom. The molecule has 0 radical (unpaired) electrons. The predicted octanol–water partition coefficient (Wildman–Crippen LogP) is 3.09. The molecule has 0 bridgehead atoms. The first kappa shape index (κ1) is 14.5. The predicted molar refractivity (Wildman–Crippen MR) is 80.4 cm³/mol. The van der Waals surface area contributed by atoms with Crippen molar-refractivity contribution in [2.24, 2.45) is 11.7 Å². The van der Waals surface area contributed by atoms with E-state index in [1.165, 1.54) is 5.57 Å². The van der Waals surface area contributed by atoms with Gasteiger partial charge in [-0.3, -0.25) is 4.79 Å². The molecule has 1 aromatic rings. The minimum atomic E-state index is -0.849. The molecule has 0 aliphatic heterocycles. The lowest BCUT2D eigenvalue weighted by Crippen LogP contribution is -2.33. The van der Waals surface area contributed by atoms with E-state index in [0.29, 0.717) is 5.92 Å². The van der Waals surface area contributed by atoms with Gasteiger partial charge in [0.05, 0.1) is 6.42 Å². The van der Waals surface area contributed by atoms with Crippen LogP contribution in [0.15, 0.2) is 54.1 Å². The molecule has 1 aliphatic carbocycles. The van der Waals surface area contributed by atoms with Crippen LogP contribution in [-0.2, 0) is 4.79 Å². The van der Waals surface area contributed by atoms with E-state index in [4.69, 9.17) is 10.8 Å². The molecule has 3 nitrogen and oxygen atoms in total. The quantitative estimate of drug-likeness (QED) is 0.865. The van der Waals surface area contributed by atoms with Crippen LogP contribution in [0.4, 0.5) is 0 Å². The molecule has 1 aliphatic rings. The van der Waals surface area contributed by atoms with Crippen LogP contribution in [0.2, 0.25) is 0 Å². The first-order valence-corrected chi connectivity index (χ1v) is 6.98. The number of hydrogen-bond acceptors (Lipinski definition) is 2. The van der Waals surface area contributed by atoms with Gasteiger partial charge in [-0.05, 0) is 17.9 Å². The molecule has 3 heteroatoms. The van der Waals surface area contributed by atoms with Gasteiger partial charge in [-0.15, -0.1) is 0 Å². The number of aliphatic carboxylic acids is 1. The van der Waals surface area contributed by atoms with Crippen molar-refractivity contribution in [1.82, 2.24) is 0 Å². The van der Waals surface area contributed by atoms with Crippen LogP contribution in [0, 0.1) is 5.92 Å². The van der Waals surface area contributed by atoms with E-state index in [9.17, 15) is 4.79 Å². The molecule has 20 heavy (non-hydrogen) atoms. The molecule has 3 N–H and O–H groups in total. The van der Waals surface area contributed by atoms with Crippen LogP contribution in [0.25, 0.3) is 0 Å². The van der Waals surface area contributed by atoms with Crippen LogP contribution < -0.4 is 5.73 Å². The number of rotatable bonds is 5. The minimum Gasteiger partial charge on any atom is -0.481 e. The summed E-state index contributed by atoms with van der Waals surface area (Å²) in [5.41, 5.74) is 8.52. The van der Waals surface area contributed by atoms with Crippen LogP contribution in [-0.4, -0.2) is 17.1 Å². The molecule has 106 valence electrons. The molecule has 0 spiro atoms. The fourth-order valence-corrected chi connectivity index (χ4v) is 2.84. The number of carboxylic acids is 1. The molecule has 0 saturated heterocycles. The van der Waals surface area contributed by atoms with Crippen molar-refractivity contribution in [3.8, 4) is 0 Å². The number of carboxylic acid groups (broad SMARTS) is 1. The van der Waals surface area contributed by atoms with Gasteiger partial charge < -0.3 is 10.8 Å². The van der Waals surface area contributed by atoms with Crippen molar-refractivity contribution in [3.05, 3.63) is 59.7 Å². The van der Waals surface area contributed by atoms with Gasteiger partial charge in [-0.25, -0.2) is 0 Å². The number of nitrogens with two attached hydrogens (primary N) is 1. The van der Waals surface area contributed by atoms with Crippen molar-refractivity contribution in [2.75, 3.05) is 0 Å². The maximum Gasteiger partial charge on any atom is 0.304 e. The van der Waals surface area contributed by atoms with E-state index in [1.54, 1.807) is 0 Å². The number of benzene rings is 1. The lowest BCUT2D eigenvalue weighted by molar-refractivity contribution is -0.137. The van der Waals surface area contributed by atoms with Crippen LogP contribution in [0.5, 0.6) is 0 Å². The second kappa shape index (κ2) is 6.53. The largest absolute Gasteiger partial charge is 0.481 e. The molecule has 0 amide bonds. The van der Waals surface area contributed by atoms with E-state index >= 15 is 0 Å².